The van der Waals surface area contributed by atoms with Gasteiger partial charge in [-0.1, -0.05) is 0 Å². The quantitative estimate of drug-likeness (QED) is 0.684. The summed E-state index contributed by atoms with van der Waals surface area (Å²) in [7, 11) is 0. The summed E-state index contributed by atoms with van der Waals surface area (Å²) in [6, 6.07) is 8.45. The van der Waals surface area contributed by atoms with E-state index >= 15 is 0 Å². The normalized spacial score (nSPS) is 10.8. The van der Waals surface area contributed by atoms with Crippen molar-refractivity contribution in [2.24, 2.45) is 0 Å². The molecule has 0 aliphatic heterocycles. The second kappa shape index (κ2) is 5.32. The predicted octanol–water partition coefficient (Wildman–Crippen LogP) is 2.84. The van der Waals surface area contributed by atoms with Crippen molar-refractivity contribution in [2.75, 3.05) is 6.26 Å². The van der Waals surface area contributed by atoms with Crippen LogP contribution in [0.2, 0.25) is 0 Å². The Kier molecular flexibility index (Phi) is 3.37. The highest BCUT2D eigenvalue weighted by atomic mass is 32.2. The number of nitrogens with zero attached hydrogens (tertiary/aromatic N) is 4. The summed E-state index contributed by atoms with van der Waals surface area (Å²) in [5.41, 5.74) is 2.15. The van der Waals surface area contributed by atoms with Crippen molar-refractivity contribution in [3.05, 3.63) is 61.2 Å². The molecule has 2 heterocycles. The van der Waals surface area contributed by atoms with Gasteiger partial charge in [-0.15, -0.1) is 11.8 Å². The van der Waals surface area contributed by atoms with Crippen LogP contribution < -0.4 is 0 Å². The minimum atomic E-state index is 0.746. The Bertz CT molecular complexity index is 640. The Morgan fingerprint density at radius 3 is 2.68 bits per heavy atom. The molecule has 0 N–H and O–H groups in total. The number of aromatic nitrogens is 4. The molecule has 3 aromatic rings. The third kappa shape index (κ3) is 2.71. The van der Waals surface area contributed by atoms with Crippen molar-refractivity contribution in [2.45, 2.75) is 11.4 Å². The molecule has 3 rings (SSSR count). The fraction of sp³-hybridized carbons (Fsp3) is 0.143. The molecule has 0 fully saturated rings. The maximum Gasteiger partial charge on any atom is 0.0996 e. The maximum absolute atomic E-state index is 4.42. The topological polar surface area (TPSA) is 35.6 Å². The summed E-state index contributed by atoms with van der Waals surface area (Å²) < 4.78 is 4.04. The van der Waals surface area contributed by atoms with E-state index in [-0.39, 0.29) is 0 Å². The van der Waals surface area contributed by atoms with Crippen LogP contribution in [0.4, 0.5) is 0 Å². The number of imidazole rings is 2. The molecule has 0 unspecified atom stereocenters. The lowest BCUT2D eigenvalue weighted by Crippen LogP contribution is -1.96. The fourth-order valence-corrected chi connectivity index (χ4v) is 2.32. The molecule has 0 saturated carbocycles. The summed E-state index contributed by atoms with van der Waals surface area (Å²) in [6.45, 7) is 0.746. The van der Waals surface area contributed by atoms with Crippen LogP contribution in [0.1, 0.15) is 5.69 Å². The highest BCUT2D eigenvalue weighted by molar-refractivity contribution is 7.98. The van der Waals surface area contributed by atoms with E-state index in [4.69, 9.17) is 0 Å². The first-order valence-electron chi connectivity index (χ1n) is 5.98. The van der Waals surface area contributed by atoms with Crippen LogP contribution in [0.25, 0.3) is 5.69 Å². The van der Waals surface area contributed by atoms with Crippen molar-refractivity contribution in [3.8, 4) is 5.69 Å². The summed E-state index contributed by atoms with van der Waals surface area (Å²) in [4.78, 5) is 9.71. The second-order valence-electron chi connectivity index (χ2n) is 4.21. The first-order chi connectivity index (χ1) is 9.35. The van der Waals surface area contributed by atoms with E-state index in [1.54, 1.807) is 24.3 Å². The third-order valence-corrected chi connectivity index (χ3v) is 3.65. The molecule has 96 valence electrons. The molecular formula is C14H14N4S. The molecule has 0 aliphatic carbocycles. The lowest BCUT2D eigenvalue weighted by atomic mass is 10.3. The zero-order chi connectivity index (χ0) is 13.1. The van der Waals surface area contributed by atoms with Gasteiger partial charge in [0.15, 0.2) is 0 Å². The molecule has 1 aromatic carbocycles. The van der Waals surface area contributed by atoms with E-state index in [1.807, 2.05) is 27.9 Å². The minimum absolute atomic E-state index is 0.746. The molecule has 0 radical (unpaired) electrons. The summed E-state index contributed by atoms with van der Waals surface area (Å²) in [5, 5.41) is 0. The van der Waals surface area contributed by atoms with E-state index in [1.165, 1.54) is 4.90 Å². The van der Waals surface area contributed by atoms with Crippen molar-refractivity contribution < 1.29 is 0 Å². The van der Waals surface area contributed by atoms with Crippen molar-refractivity contribution >= 4 is 11.8 Å². The zero-order valence-electron chi connectivity index (χ0n) is 10.6. The summed E-state index contributed by atoms with van der Waals surface area (Å²) in [5.74, 6) is 0. The molecule has 5 heteroatoms. The Labute approximate surface area is 116 Å². The minimum Gasteiger partial charge on any atom is -0.331 e. The predicted molar refractivity (Wildman–Crippen MR) is 76.7 cm³/mol. The van der Waals surface area contributed by atoms with Gasteiger partial charge >= 0.3 is 0 Å². The van der Waals surface area contributed by atoms with E-state index in [0.717, 1.165) is 17.9 Å². The smallest absolute Gasteiger partial charge is 0.0996 e. The van der Waals surface area contributed by atoms with Crippen LogP contribution in [-0.2, 0) is 6.54 Å². The number of benzene rings is 1. The van der Waals surface area contributed by atoms with Gasteiger partial charge in [-0.25, -0.2) is 9.97 Å². The standard InChI is InChI=1S/C14H14N4S/c1-19-14-4-2-13(3-5-14)18-9-12(16-11-18)8-17-7-6-15-10-17/h2-7,9-11H,8H2,1H3. The van der Waals surface area contributed by atoms with Gasteiger partial charge in [-0.05, 0) is 30.5 Å². The van der Waals surface area contributed by atoms with Gasteiger partial charge < -0.3 is 9.13 Å². The van der Waals surface area contributed by atoms with Gasteiger partial charge in [-0.3, -0.25) is 0 Å². The van der Waals surface area contributed by atoms with E-state index < -0.39 is 0 Å². The Morgan fingerprint density at radius 2 is 2.00 bits per heavy atom. The van der Waals surface area contributed by atoms with Crippen LogP contribution in [0, 0.1) is 0 Å². The first-order valence-corrected chi connectivity index (χ1v) is 7.20. The Balaban J connectivity index is 1.80. The van der Waals surface area contributed by atoms with Crippen LogP contribution in [0.3, 0.4) is 0 Å². The van der Waals surface area contributed by atoms with Crippen molar-refractivity contribution in [3.63, 3.8) is 0 Å². The monoisotopic (exact) mass is 270 g/mol. The summed E-state index contributed by atoms with van der Waals surface area (Å²) in [6.07, 6.45) is 11.5. The molecule has 0 aliphatic rings. The highest BCUT2D eigenvalue weighted by Crippen LogP contribution is 2.17. The molecule has 0 atom stereocenters. The molecule has 0 saturated heterocycles. The van der Waals surface area contributed by atoms with Gasteiger partial charge in [0.1, 0.15) is 0 Å². The second-order valence-corrected chi connectivity index (χ2v) is 5.08. The first kappa shape index (κ1) is 12.0. The molecule has 0 spiro atoms. The largest absolute Gasteiger partial charge is 0.331 e. The number of hydrogen-bond donors (Lipinski definition) is 0. The van der Waals surface area contributed by atoms with Gasteiger partial charge in [0.05, 0.1) is 24.9 Å². The van der Waals surface area contributed by atoms with E-state index in [9.17, 15) is 0 Å². The van der Waals surface area contributed by atoms with Gasteiger partial charge in [0.2, 0.25) is 0 Å². The zero-order valence-corrected chi connectivity index (χ0v) is 11.4. The summed E-state index contributed by atoms with van der Waals surface area (Å²) >= 11 is 1.75. The average molecular weight is 270 g/mol. The van der Waals surface area contributed by atoms with Crippen molar-refractivity contribution in [1.82, 2.24) is 19.1 Å². The third-order valence-electron chi connectivity index (χ3n) is 2.91. The van der Waals surface area contributed by atoms with Crippen LogP contribution in [-0.4, -0.2) is 25.4 Å². The van der Waals surface area contributed by atoms with Gasteiger partial charge in [0, 0.05) is 29.2 Å². The molecule has 2 aromatic heterocycles. The highest BCUT2D eigenvalue weighted by Gasteiger charge is 2.02. The fourth-order valence-electron chi connectivity index (χ4n) is 1.91. The van der Waals surface area contributed by atoms with Crippen LogP contribution in [0.15, 0.2) is 60.4 Å². The van der Waals surface area contributed by atoms with Gasteiger partial charge in [0.25, 0.3) is 0 Å². The van der Waals surface area contributed by atoms with Crippen LogP contribution >= 0.6 is 11.8 Å². The Morgan fingerprint density at radius 1 is 1.16 bits per heavy atom. The SMILES string of the molecule is CSc1ccc(-n2cnc(Cn3ccnc3)c2)cc1. The maximum atomic E-state index is 4.42. The molecule has 19 heavy (non-hydrogen) atoms. The molecule has 4 nitrogen and oxygen atoms in total. The molecule has 0 bridgehead atoms. The molecule has 0 amide bonds. The number of hydrogen-bond acceptors (Lipinski definition) is 3. The van der Waals surface area contributed by atoms with Crippen molar-refractivity contribution in [1.29, 1.82) is 0 Å². The lowest BCUT2D eigenvalue weighted by Gasteiger charge is -2.02. The molecular weight excluding hydrogens is 256 g/mol. The Hall–Kier alpha value is -2.01. The number of rotatable bonds is 4. The van der Waals surface area contributed by atoms with Crippen LogP contribution in [0.5, 0.6) is 0 Å². The van der Waals surface area contributed by atoms with E-state index in [2.05, 4.69) is 40.5 Å². The lowest BCUT2D eigenvalue weighted by molar-refractivity contribution is 0.778. The average Bonchev–Trinajstić information content (AvgIpc) is 3.11. The van der Waals surface area contributed by atoms with E-state index in [0.29, 0.717) is 0 Å². The van der Waals surface area contributed by atoms with Gasteiger partial charge in [-0.2, -0.15) is 0 Å². The number of thioether (sulfide) groups is 1.